The van der Waals surface area contributed by atoms with Crippen LogP contribution in [0.1, 0.15) is 37.8 Å². The normalized spacial score (nSPS) is 25.8. The number of amides is 3. The minimum Gasteiger partial charge on any atom is -0.456 e. The summed E-state index contributed by atoms with van der Waals surface area (Å²) in [6.45, 7) is 4.52. The predicted octanol–water partition coefficient (Wildman–Crippen LogP) is 2.95. The average Bonchev–Trinajstić information content (AvgIpc) is 3.81. The molecule has 0 saturated carbocycles. The lowest BCUT2D eigenvalue weighted by Gasteiger charge is -2.46. The van der Waals surface area contributed by atoms with Gasteiger partial charge in [0.25, 0.3) is 11.4 Å². The number of benzene rings is 2. The molecule has 2 aromatic rings. The van der Waals surface area contributed by atoms with Crippen LogP contribution in [-0.2, 0) is 37.1 Å². The number of rotatable bonds is 12. The largest absolute Gasteiger partial charge is 0.456 e. The van der Waals surface area contributed by atoms with Crippen molar-refractivity contribution in [3.05, 3.63) is 90.5 Å². The van der Waals surface area contributed by atoms with Crippen LogP contribution in [0.2, 0.25) is 0 Å². The molecule has 18 heteroatoms. The Labute approximate surface area is 308 Å². The van der Waals surface area contributed by atoms with Gasteiger partial charge >= 0.3 is 12.1 Å². The molecule has 6 rings (SSSR count). The molecule has 0 bridgehead atoms. The molecule has 4 aliphatic rings. The highest BCUT2D eigenvalue weighted by molar-refractivity contribution is 8.03. The van der Waals surface area contributed by atoms with Crippen LogP contribution >= 0.6 is 11.8 Å². The van der Waals surface area contributed by atoms with Crippen LogP contribution in [0, 0.1) is 32.1 Å². The summed E-state index contributed by atoms with van der Waals surface area (Å²) >= 11 is 1.44. The Hall–Kier alpha value is -5.07. The van der Waals surface area contributed by atoms with E-state index in [1.807, 2.05) is 18.9 Å². The molecule has 282 valence electrons. The molecule has 0 aromatic heterocycles. The highest BCUT2D eigenvalue weighted by atomic mass is 32.2. The lowest BCUT2D eigenvalue weighted by Crippen LogP contribution is -2.63. The molecule has 4 heterocycles. The first kappa shape index (κ1) is 37.7. The summed E-state index contributed by atoms with van der Waals surface area (Å²) in [5.74, 6) is -2.09. The first-order chi connectivity index (χ1) is 25.2. The van der Waals surface area contributed by atoms with Crippen LogP contribution in [0.15, 0.2) is 59.1 Å². The Balaban J connectivity index is 1.06. The molecule has 0 spiro atoms. The Morgan fingerprint density at radius 3 is 2.13 bits per heavy atom. The third kappa shape index (κ3) is 7.84. The van der Waals surface area contributed by atoms with E-state index in [0.717, 1.165) is 0 Å². The number of hydrogen-bond donors (Lipinski definition) is 2. The number of likely N-dealkylation sites (N-methyl/N-ethyl adjacent to an activating group) is 1. The van der Waals surface area contributed by atoms with Crippen molar-refractivity contribution in [3.8, 4) is 0 Å². The Morgan fingerprint density at radius 1 is 0.981 bits per heavy atom. The van der Waals surface area contributed by atoms with Gasteiger partial charge < -0.3 is 29.7 Å². The molecule has 0 radical (unpaired) electrons. The smallest absolute Gasteiger partial charge is 0.407 e. The zero-order chi connectivity index (χ0) is 38.1. The molecular weight excluding hydrogens is 712 g/mol. The number of nitrogens with one attached hydrogen (secondary N) is 1. The van der Waals surface area contributed by atoms with Crippen molar-refractivity contribution < 1.29 is 43.6 Å². The van der Waals surface area contributed by atoms with Gasteiger partial charge in [-0.15, -0.1) is 11.8 Å². The molecule has 17 nitrogen and oxygen atoms in total. The number of esters is 1. The number of aliphatic hydroxyl groups is 1. The number of alkyl carbamates (subject to hydrolysis) is 1. The molecule has 3 fully saturated rings. The van der Waals surface area contributed by atoms with Crippen molar-refractivity contribution in [1.82, 2.24) is 20.0 Å². The zero-order valence-electron chi connectivity index (χ0n) is 29.3. The summed E-state index contributed by atoms with van der Waals surface area (Å²) in [6.07, 6.45) is -0.549. The van der Waals surface area contributed by atoms with Crippen LogP contribution in [0.5, 0.6) is 0 Å². The number of ether oxygens (including phenoxy) is 2. The highest BCUT2D eigenvalue weighted by Gasteiger charge is 2.60. The number of nitro benzene ring substituents is 2. The Bertz CT molecular complexity index is 1820. The molecule has 0 unspecified atom stereocenters. The number of β-lactam (4-membered cyclic amide) rings is 1. The van der Waals surface area contributed by atoms with Crippen LogP contribution in [0.25, 0.3) is 0 Å². The first-order valence-corrected chi connectivity index (χ1v) is 18.1. The summed E-state index contributed by atoms with van der Waals surface area (Å²) in [5.41, 5.74) is 1.10. The summed E-state index contributed by atoms with van der Waals surface area (Å²) in [6, 6.07) is 10.1. The van der Waals surface area contributed by atoms with E-state index in [1.54, 1.807) is 11.8 Å². The van der Waals surface area contributed by atoms with Gasteiger partial charge in [0.1, 0.15) is 18.9 Å². The van der Waals surface area contributed by atoms with Crippen molar-refractivity contribution in [1.29, 1.82) is 0 Å². The van der Waals surface area contributed by atoms with Crippen LogP contribution in [-0.4, -0.2) is 110 Å². The van der Waals surface area contributed by atoms with Crippen LogP contribution in [0.3, 0.4) is 0 Å². The second-order valence-corrected chi connectivity index (χ2v) is 15.2. The van der Waals surface area contributed by atoms with Gasteiger partial charge in [0, 0.05) is 60.0 Å². The number of non-ortho nitro benzene ring substituents is 2. The van der Waals surface area contributed by atoms with E-state index in [4.69, 9.17) is 9.47 Å². The van der Waals surface area contributed by atoms with E-state index in [2.05, 4.69) is 5.32 Å². The van der Waals surface area contributed by atoms with Crippen molar-refractivity contribution in [3.63, 3.8) is 0 Å². The molecule has 4 aliphatic heterocycles. The number of nitrogens with zero attached hydrogens (tertiary/aromatic N) is 5. The maximum atomic E-state index is 13.7. The number of carbonyl (C=O) groups is 4. The quantitative estimate of drug-likeness (QED) is 0.138. The zero-order valence-corrected chi connectivity index (χ0v) is 30.1. The third-order valence-electron chi connectivity index (χ3n) is 10.2. The van der Waals surface area contributed by atoms with E-state index in [1.165, 1.54) is 65.2 Å². The molecule has 3 amide bonds. The molecule has 2 aromatic carbocycles. The number of thioether (sulfide) groups is 1. The molecule has 3 saturated heterocycles. The topological polar surface area (TPSA) is 215 Å². The predicted molar refractivity (Wildman–Crippen MR) is 189 cm³/mol. The second kappa shape index (κ2) is 15.5. The number of hydrogen-bond acceptors (Lipinski definition) is 13. The van der Waals surface area contributed by atoms with Gasteiger partial charge in [0.15, 0.2) is 0 Å². The third-order valence-corrected chi connectivity index (χ3v) is 11.7. The molecule has 7 atom stereocenters. The second-order valence-electron chi connectivity index (χ2n) is 13.8. The Kier molecular flexibility index (Phi) is 11.0. The van der Waals surface area contributed by atoms with Crippen molar-refractivity contribution in [2.75, 3.05) is 26.7 Å². The van der Waals surface area contributed by atoms with Crippen molar-refractivity contribution >= 4 is 47.0 Å². The number of likely N-dealkylation sites (tertiary alicyclic amines) is 2. The molecule has 2 N–H and O–H groups in total. The van der Waals surface area contributed by atoms with Crippen molar-refractivity contribution in [2.24, 2.45) is 11.8 Å². The van der Waals surface area contributed by atoms with Gasteiger partial charge in [-0.1, -0.05) is 6.92 Å². The molecular formula is C35H40N6O11S. The van der Waals surface area contributed by atoms with Gasteiger partial charge in [-0.25, -0.2) is 9.59 Å². The van der Waals surface area contributed by atoms with E-state index in [0.29, 0.717) is 48.5 Å². The van der Waals surface area contributed by atoms with E-state index < -0.39 is 46.0 Å². The lowest BCUT2D eigenvalue weighted by molar-refractivity contribution is -0.385. The lowest BCUT2D eigenvalue weighted by atomic mass is 9.79. The fraction of sp³-hybridized carbons (Fsp3) is 0.486. The van der Waals surface area contributed by atoms with Gasteiger partial charge in [-0.3, -0.25) is 34.7 Å². The van der Waals surface area contributed by atoms with Crippen LogP contribution < -0.4 is 5.32 Å². The fourth-order valence-corrected chi connectivity index (χ4v) is 9.06. The number of nitro groups is 2. The fourth-order valence-electron chi connectivity index (χ4n) is 7.47. The molecule has 53 heavy (non-hydrogen) atoms. The summed E-state index contributed by atoms with van der Waals surface area (Å²) in [7, 11) is 1.86. The van der Waals surface area contributed by atoms with Gasteiger partial charge in [-0.2, -0.15) is 0 Å². The highest BCUT2D eigenvalue weighted by Crippen LogP contribution is 2.52. The molecule has 0 aliphatic carbocycles. The first-order valence-electron chi connectivity index (χ1n) is 17.2. The number of carbonyl (C=O) groups excluding carboxylic acids is 4. The summed E-state index contributed by atoms with van der Waals surface area (Å²) < 4.78 is 10.9. The van der Waals surface area contributed by atoms with E-state index >= 15 is 0 Å². The van der Waals surface area contributed by atoms with Gasteiger partial charge in [-0.05, 0) is 62.2 Å². The van der Waals surface area contributed by atoms with Gasteiger partial charge in [0.2, 0.25) is 11.8 Å². The minimum absolute atomic E-state index is 0.0626. The van der Waals surface area contributed by atoms with Crippen molar-refractivity contribution in [2.45, 2.75) is 69.4 Å². The van der Waals surface area contributed by atoms with Gasteiger partial charge in [0.05, 0.1) is 40.0 Å². The average molecular weight is 753 g/mol. The monoisotopic (exact) mass is 752 g/mol. The SMILES string of the molecule is C[C@@H](O)[C@H]1C(=O)N2C(C(=O)OCc3ccc([N+](=O)[O-])cc3)=C(S[C@H]3C[C@@H](C(=O)N4CC[C@H](NC(=O)OCc5ccc([N+](=O)[O-])cc5)C4)N(C)C3)[C@H](C)[C@H]12. The maximum Gasteiger partial charge on any atom is 0.407 e. The minimum atomic E-state index is -0.914. The standard InChI is InChI=1S/C35H40N6O11S/c1-19-29-28(20(2)42)33(44)39(29)30(34(45)51-17-21-4-8-24(9-5-21)40(47)48)31(19)53-26-14-27(37(3)16-26)32(43)38-13-12-23(15-38)36-35(46)52-18-22-6-10-25(11-7-22)41(49)50/h4-11,19-20,23,26-29,42H,12-18H2,1-3H3,(H,36,46)/t19-,20-,23+,26+,27+,28-,29-/m1/s1. The summed E-state index contributed by atoms with van der Waals surface area (Å²) in [4.78, 5) is 79.6. The van der Waals surface area contributed by atoms with E-state index in [9.17, 15) is 44.5 Å². The number of fused-ring (bicyclic) bond motifs is 1. The number of aliphatic hydroxyl groups excluding tert-OH is 1. The van der Waals surface area contributed by atoms with E-state index in [-0.39, 0.29) is 59.3 Å². The van der Waals surface area contributed by atoms with Crippen LogP contribution in [0.4, 0.5) is 16.2 Å². The summed E-state index contributed by atoms with van der Waals surface area (Å²) in [5, 5.41) is 34.9. The Morgan fingerprint density at radius 2 is 1.57 bits per heavy atom. The maximum absolute atomic E-state index is 13.7.